The van der Waals surface area contributed by atoms with Crippen molar-refractivity contribution in [3.63, 3.8) is 0 Å². The fourth-order valence-electron chi connectivity index (χ4n) is 3.98. The number of rotatable bonds is 9. The number of piperazine rings is 1. The first-order chi connectivity index (χ1) is 17.1. The lowest BCUT2D eigenvalue weighted by Gasteiger charge is -2.37. The molecule has 0 aliphatic carbocycles. The minimum atomic E-state index is -0.117. The molecule has 0 unspecified atom stereocenters. The highest BCUT2D eigenvalue weighted by Gasteiger charge is 2.21. The summed E-state index contributed by atoms with van der Waals surface area (Å²) in [5, 5.41) is 12.4. The second-order valence-electron chi connectivity index (χ2n) is 8.15. The van der Waals surface area contributed by atoms with Crippen molar-refractivity contribution >= 4 is 34.9 Å². The lowest BCUT2D eigenvalue weighted by Crippen LogP contribution is -2.47. The van der Waals surface area contributed by atoms with Crippen LogP contribution in [0.4, 0.5) is 17.2 Å². The minimum absolute atomic E-state index is 0.117. The van der Waals surface area contributed by atoms with Crippen LogP contribution in [0.5, 0.6) is 11.5 Å². The number of para-hydroxylation sites is 2. The van der Waals surface area contributed by atoms with Gasteiger partial charge in [-0.05, 0) is 55.8 Å². The van der Waals surface area contributed by atoms with E-state index in [0.29, 0.717) is 23.1 Å². The van der Waals surface area contributed by atoms with Crippen molar-refractivity contribution < 1.29 is 14.3 Å². The highest BCUT2D eigenvalue weighted by molar-refractivity contribution is 7.99. The molecule has 1 aliphatic heterocycles. The third-order valence-corrected chi connectivity index (χ3v) is 6.64. The van der Waals surface area contributed by atoms with Gasteiger partial charge < -0.3 is 24.6 Å². The van der Waals surface area contributed by atoms with Gasteiger partial charge in [0.25, 0.3) is 0 Å². The Morgan fingerprint density at radius 3 is 2.49 bits per heavy atom. The van der Waals surface area contributed by atoms with E-state index in [1.807, 2.05) is 62.4 Å². The van der Waals surface area contributed by atoms with Gasteiger partial charge in [-0.25, -0.2) is 0 Å². The summed E-state index contributed by atoms with van der Waals surface area (Å²) in [5.41, 5.74) is 2.85. The fraction of sp³-hybridized carbons (Fsp3) is 0.346. The standard InChI is InChI=1S/C26H31N5O3S/c1-4-34-23-8-6-5-7-21(23)30-13-15-31(16-14-30)24-11-12-26(29-28-24)35-18-25(32)27-20-17-19(2)9-10-22(20)33-3/h5-12,17H,4,13-16,18H2,1-3H3,(H,27,32). The number of hydrogen-bond donors (Lipinski definition) is 1. The van der Waals surface area contributed by atoms with Crippen molar-refractivity contribution in [3.05, 3.63) is 60.2 Å². The highest BCUT2D eigenvalue weighted by atomic mass is 32.2. The van der Waals surface area contributed by atoms with Crippen LogP contribution in [-0.2, 0) is 4.79 Å². The van der Waals surface area contributed by atoms with E-state index in [1.54, 1.807) is 7.11 Å². The Kier molecular flexibility index (Phi) is 8.31. The molecule has 3 aromatic rings. The van der Waals surface area contributed by atoms with Gasteiger partial charge >= 0.3 is 0 Å². The number of amides is 1. The topological polar surface area (TPSA) is 79.8 Å². The van der Waals surface area contributed by atoms with E-state index < -0.39 is 0 Å². The Hall–Kier alpha value is -3.46. The van der Waals surface area contributed by atoms with Crippen LogP contribution in [0, 0.1) is 6.92 Å². The zero-order valence-corrected chi connectivity index (χ0v) is 21.2. The summed E-state index contributed by atoms with van der Waals surface area (Å²) in [6.07, 6.45) is 0. The summed E-state index contributed by atoms with van der Waals surface area (Å²) in [5.74, 6) is 2.53. The van der Waals surface area contributed by atoms with Crippen molar-refractivity contribution in [2.24, 2.45) is 0 Å². The first-order valence-electron chi connectivity index (χ1n) is 11.7. The van der Waals surface area contributed by atoms with Gasteiger partial charge in [0.15, 0.2) is 5.82 Å². The zero-order valence-electron chi connectivity index (χ0n) is 20.4. The molecule has 2 aromatic carbocycles. The molecule has 1 N–H and O–H groups in total. The van der Waals surface area contributed by atoms with E-state index in [9.17, 15) is 4.79 Å². The van der Waals surface area contributed by atoms with Crippen molar-refractivity contribution in [1.29, 1.82) is 0 Å². The van der Waals surface area contributed by atoms with Gasteiger partial charge in [-0.1, -0.05) is 30.0 Å². The van der Waals surface area contributed by atoms with Crippen LogP contribution in [0.2, 0.25) is 0 Å². The second kappa shape index (κ2) is 11.8. The van der Waals surface area contributed by atoms with Crippen molar-refractivity contribution in [3.8, 4) is 11.5 Å². The smallest absolute Gasteiger partial charge is 0.234 e. The maximum absolute atomic E-state index is 12.4. The van der Waals surface area contributed by atoms with E-state index in [4.69, 9.17) is 9.47 Å². The van der Waals surface area contributed by atoms with Gasteiger partial charge in [0, 0.05) is 26.2 Å². The third kappa shape index (κ3) is 6.36. The SMILES string of the molecule is CCOc1ccccc1N1CCN(c2ccc(SCC(=O)Nc3cc(C)ccc3OC)nn2)CC1. The van der Waals surface area contributed by atoms with Crippen LogP contribution in [0.15, 0.2) is 59.6 Å². The van der Waals surface area contributed by atoms with Crippen LogP contribution in [0.1, 0.15) is 12.5 Å². The van der Waals surface area contributed by atoms with Gasteiger partial charge in [-0.15, -0.1) is 10.2 Å². The third-order valence-electron chi connectivity index (χ3n) is 5.72. The number of anilines is 3. The number of methoxy groups -OCH3 is 1. The van der Waals surface area contributed by atoms with Gasteiger partial charge in [-0.3, -0.25) is 4.79 Å². The molecule has 0 atom stereocenters. The molecular weight excluding hydrogens is 462 g/mol. The maximum atomic E-state index is 12.4. The van der Waals surface area contributed by atoms with E-state index in [-0.39, 0.29) is 11.7 Å². The minimum Gasteiger partial charge on any atom is -0.495 e. The number of nitrogens with one attached hydrogen (secondary N) is 1. The Balaban J connectivity index is 1.28. The highest BCUT2D eigenvalue weighted by Crippen LogP contribution is 2.30. The van der Waals surface area contributed by atoms with Gasteiger partial charge in [0.2, 0.25) is 5.91 Å². The Morgan fingerprint density at radius 2 is 1.77 bits per heavy atom. The molecule has 0 radical (unpaired) electrons. The number of carbonyl (C=O) groups excluding carboxylic acids is 1. The lowest BCUT2D eigenvalue weighted by molar-refractivity contribution is -0.113. The van der Waals surface area contributed by atoms with E-state index >= 15 is 0 Å². The zero-order chi connectivity index (χ0) is 24.6. The van der Waals surface area contributed by atoms with E-state index in [0.717, 1.165) is 49.0 Å². The molecule has 1 aliphatic rings. The van der Waals surface area contributed by atoms with Crippen LogP contribution in [-0.4, -0.2) is 61.8 Å². The summed E-state index contributed by atoms with van der Waals surface area (Å²) in [6.45, 7) is 8.09. The number of hydrogen-bond acceptors (Lipinski definition) is 8. The summed E-state index contributed by atoms with van der Waals surface area (Å²) >= 11 is 1.36. The average molecular weight is 494 g/mol. The van der Waals surface area contributed by atoms with Crippen LogP contribution < -0.4 is 24.6 Å². The first kappa shape index (κ1) is 24.7. The normalized spacial score (nSPS) is 13.5. The molecule has 0 bridgehead atoms. The summed E-state index contributed by atoms with van der Waals surface area (Å²) in [7, 11) is 1.59. The monoisotopic (exact) mass is 493 g/mol. The summed E-state index contributed by atoms with van der Waals surface area (Å²) < 4.78 is 11.1. The number of nitrogens with zero attached hydrogens (tertiary/aromatic N) is 4. The number of ether oxygens (including phenoxy) is 2. The Labute approximate surface area is 210 Å². The molecule has 4 rings (SSSR count). The van der Waals surface area contributed by atoms with Crippen LogP contribution >= 0.6 is 11.8 Å². The number of carbonyl (C=O) groups is 1. The first-order valence-corrected chi connectivity index (χ1v) is 12.7. The quantitative estimate of drug-likeness (QED) is 0.443. The predicted molar refractivity (Wildman–Crippen MR) is 141 cm³/mol. The molecule has 9 heteroatoms. The van der Waals surface area contributed by atoms with E-state index in [2.05, 4.69) is 31.4 Å². The molecule has 2 heterocycles. The predicted octanol–water partition coefficient (Wildman–Crippen LogP) is 4.25. The lowest BCUT2D eigenvalue weighted by atomic mass is 10.2. The molecule has 0 saturated carbocycles. The van der Waals surface area contributed by atoms with Crippen LogP contribution in [0.25, 0.3) is 0 Å². The molecule has 0 spiro atoms. The molecule has 35 heavy (non-hydrogen) atoms. The summed E-state index contributed by atoms with van der Waals surface area (Å²) in [6, 6.07) is 17.8. The molecule has 1 saturated heterocycles. The van der Waals surface area contributed by atoms with Gasteiger partial charge in [0.05, 0.1) is 30.8 Å². The van der Waals surface area contributed by atoms with Crippen molar-refractivity contribution in [1.82, 2.24) is 10.2 Å². The van der Waals surface area contributed by atoms with Gasteiger partial charge in [0.1, 0.15) is 16.5 Å². The molecule has 1 fully saturated rings. The summed E-state index contributed by atoms with van der Waals surface area (Å²) in [4.78, 5) is 17.0. The number of thioether (sulfide) groups is 1. The van der Waals surface area contributed by atoms with Crippen molar-refractivity contribution in [2.75, 3.05) is 60.8 Å². The van der Waals surface area contributed by atoms with Crippen LogP contribution in [0.3, 0.4) is 0 Å². The molecule has 1 aromatic heterocycles. The number of benzene rings is 2. The molecule has 8 nitrogen and oxygen atoms in total. The number of aryl methyl sites for hydroxylation is 1. The fourth-order valence-corrected chi connectivity index (χ4v) is 4.59. The average Bonchev–Trinajstić information content (AvgIpc) is 2.89. The molecule has 184 valence electrons. The van der Waals surface area contributed by atoms with E-state index in [1.165, 1.54) is 11.8 Å². The van der Waals surface area contributed by atoms with Crippen molar-refractivity contribution in [2.45, 2.75) is 18.9 Å². The Bertz CT molecular complexity index is 1130. The maximum Gasteiger partial charge on any atom is 0.234 e. The largest absolute Gasteiger partial charge is 0.495 e. The molecular formula is C26H31N5O3S. The number of aromatic nitrogens is 2. The Morgan fingerprint density at radius 1 is 1.00 bits per heavy atom. The second-order valence-corrected chi connectivity index (χ2v) is 9.14. The van der Waals surface area contributed by atoms with Gasteiger partial charge in [-0.2, -0.15) is 0 Å². The molecule has 1 amide bonds.